The average molecular weight is 350 g/mol. The van der Waals surface area contributed by atoms with E-state index in [9.17, 15) is 14.4 Å². The number of benzene rings is 1. The standard InChI is InChI=1S/C16H18N2O5S/c1-22-13(19)7-9-18-15(21)11-5-3-4-6-12(11)17-16(18)24-10-8-14(20)23-2/h3-6H,7-10H2,1-2H3. The number of aromatic nitrogens is 2. The first-order chi connectivity index (χ1) is 11.6. The van der Waals surface area contributed by atoms with Crippen molar-refractivity contribution in [3.8, 4) is 0 Å². The normalized spacial score (nSPS) is 10.6. The Labute approximate surface area is 143 Å². The Balaban J connectivity index is 2.32. The Kier molecular flexibility index (Phi) is 6.36. The van der Waals surface area contributed by atoms with Crippen LogP contribution < -0.4 is 5.56 Å². The molecule has 0 atom stereocenters. The van der Waals surface area contributed by atoms with E-state index in [2.05, 4.69) is 14.5 Å². The predicted octanol–water partition coefficient (Wildman–Crippen LogP) is 1.61. The van der Waals surface area contributed by atoms with Crippen molar-refractivity contribution >= 4 is 34.6 Å². The van der Waals surface area contributed by atoms with Gasteiger partial charge in [-0.3, -0.25) is 19.0 Å². The van der Waals surface area contributed by atoms with Crippen LogP contribution in [-0.4, -0.2) is 41.5 Å². The van der Waals surface area contributed by atoms with Gasteiger partial charge in [0.1, 0.15) is 0 Å². The van der Waals surface area contributed by atoms with Gasteiger partial charge in [0, 0.05) is 12.3 Å². The molecular weight excluding hydrogens is 332 g/mol. The summed E-state index contributed by atoms with van der Waals surface area (Å²) in [6.45, 7) is 0.171. The van der Waals surface area contributed by atoms with Gasteiger partial charge in [0.25, 0.3) is 5.56 Å². The van der Waals surface area contributed by atoms with Gasteiger partial charge in [-0.15, -0.1) is 0 Å². The van der Waals surface area contributed by atoms with Crippen LogP contribution in [0.2, 0.25) is 0 Å². The smallest absolute Gasteiger partial charge is 0.307 e. The summed E-state index contributed by atoms with van der Waals surface area (Å²) in [5.41, 5.74) is 0.363. The second-order valence-electron chi connectivity index (χ2n) is 4.87. The summed E-state index contributed by atoms with van der Waals surface area (Å²) in [6, 6.07) is 7.02. The molecule has 1 aromatic carbocycles. The van der Waals surface area contributed by atoms with Crippen LogP contribution in [0.3, 0.4) is 0 Å². The van der Waals surface area contributed by atoms with E-state index in [4.69, 9.17) is 0 Å². The van der Waals surface area contributed by atoms with Crippen molar-refractivity contribution in [2.24, 2.45) is 0 Å². The highest BCUT2D eigenvalue weighted by Crippen LogP contribution is 2.19. The molecule has 1 aromatic heterocycles. The van der Waals surface area contributed by atoms with Gasteiger partial charge in [-0.1, -0.05) is 23.9 Å². The lowest BCUT2D eigenvalue weighted by Crippen LogP contribution is -2.25. The van der Waals surface area contributed by atoms with Crippen LogP contribution in [0.4, 0.5) is 0 Å². The average Bonchev–Trinajstić information content (AvgIpc) is 2.60. The first kappa shape index (κ1) is 18.0. The van der Waals surface area contributed by atoms with E-state index in [1.54, 1.807) is 24.3 Å². The molecule has 128 valence electrons. The molecule has 0 spiro atoms. The summed E-state index contributed by atoms with van der Waals surface area (Å²) in [6.07, 6.45) is 0.280. The van der Waals surface area contributed by atoms with Crippen LogP contribution in [0.1, 0.15) is 12.8 Å². The third kappa shape index (κ3) is 4.35. The zero-order chi connectivity index (χ0) is 17.5. The lowest BCUT2D eigenvalue weighted by atomic mass is 10.2. The minimum absolute atomic E-state index is 0.0704. The van der Waals surface area contributed by atoms with E-state index in [1.807, 2.05) is 0 Å². The first-order valence-corrected chi connectivity index (χ1v) is 8.31. The lowest BCUT2D eigenvalue weighted by molar-refractivity contribution is -0.141. The minimum atomic E-state index is -0.402. The van der Waals surface area contributed by atoms with E-state index >= 15 is 0 Å². The minimum Gasteiger partial charge on any atom is -0.469 e. The van der Waals surface area contributed by atoms with Gasteiger partial charge in [0.05, 0.1) is 38.0 Å². The summed E-state index contributed by atoms with van der Waals surface area (Å²) in [5.74, 6) is -0.303. The Hall–Kier alpha value is -2.35. The van der Waals surface area contributed by atoms with Crippen molar-refractivity contribution < 1.29 is 19.1 Å². The summed E-state index contributed by atoms with van der Waals surface area (Å²) in [4.78, 5) is 39.8. The Morgan fingerprint density at radius 3 is 2.50 bits per heavy atom. The fraction of sp³-hybridized carbons (Fsp3) is 0.375. The van der Waals surface area contributed by atoms with Crippen molar-refractivity contribution in [1.29, 1.82) is 0 Å². The number of thioether (sulfide) groups is 1. The second kappa shape index (κ2) is 8.49. The highest BCUT2D eigenvalue weighted by atomic mass is 32.2. The van der Waals surface area contributed by atoms with Crippen LogP contribution in [0.25, 0.3) is 10.9 Å². The number of ether oxygens (including phenoxy) is 2. The van der Waals surface area contributed by atoms with Gasteiger partial charge in [-0.05, 0) is 12.1 Å². The van der Waals surface area contributed by atoms with E-state index in [1.165, 1.54) is 30.5 Å². The number of nitrogens with zero attached hydrogens (tertiary/aromatic N) is 2. The molecule has 1 heterocycles. The number of hydrogen-bond donors (Lipinski definition) is 0. The van der Waals surface area contributed by atoms with Crippen LogP contribution in [0.5, 0.6) is 0 Å². The summed E-state index contributed by atoms with van der Waals surface area (Å²) in [5, 5.41) is 0.950. The number of fused-ring (bicyclic) bond motifs is 1. The molecule has 0 aliphatic rings. The first-order valence-electron chi connectivity index (χ1n) is 7.33. The SMILES string of the molecule is COC(=O)CCSc1nc2ccccc2c(=O)n1CCC(=O)OC. The molecular formula is C16H18N2O5S. The van der Waals surface area contributed by atoms with Crippen molar-refractivity contribution in [1.82, 2.24) is 9.55 Å². The number of carbonyl (C=O) groups excluding carboxylic acids is 2. The van der Waals surface area contributed by atoms with Crippen molar-refractivity contribution in [2.75, 3.05) is 20.0 Å². The molecule has 0 aliphatic heterocycles. The fourth-order valence-corrected chi connectivity index (χ4v) is 3.03. The highest BCUT2D eigenvalue weighted by Gasteiger charge is 2.13. The van der Waals surface area contributed by atoms with Gasteiger partial charge >= 0.3 is 11.9 Å². The molecule has 0 bridgehead atoms. The van der Waals surface area contributed by atoms with E-state index < -0.39 is 5.97 Å². The van der Waals surface area contributed by atoms with Gasteiger partial charge in [-0.2, -0.15) is 0 Å². The maximum Gasteiger partial charge on any atom is 0.307 e. The summed E-state index contributed by atoms with van der Waals surface area (Å²) in [7, 11) is 2.63. The fourth-order valence-electron chi connectivity index (χ4n) is 2.09. The van der Waals surface area contributed by atoms with Crippen LogP contribution in [0, 0.1) is 0 Å². The number of methoxy groups -OCH3 is 2. The maximum atomic E-state index is 12.7. The topological polar surface area (TPSA) is 87.5 Å². The Morgan fingerprint density at radius 1 is 1.12 bits per heavy atom. The molecule has 2 aromatic rings. The van der Waals surface area contributed by atoms with Gasteiger partial charge < -0.3 is 9.47 Å². The van der Waals surface area contributed by atoms with Crippen LogP contribution in [0.15, 0.2) is 34.2 Å². The third-order valence-electron chi connectivity index (χ3n) is 3.36. The van der Waals surface area contributed by atoms with Crippen molar-refractivity contribution in [2.45, 2.75) is 24.5 Å². The molecule has 0 unspecified atom stereocenters. The Morgan fingerprint density at radius 2 is 1.79 bits per heavy atom. The number of esters is 2. The molecule has 0 saturated carbocycles. The largest absolute Gasteiger partial charge is 0.469 e. The molecule has 0 radical (unpaired) electrons. The molecule has 0 saturated heterocycles. The highest BCUT2D eigenvalue weighted by molar-refractivity contribution is 7.99. The van der Waals surface area contributed by atoms with Gasteiger partial charge in [-0.25, -0.2) is 4.98 Å². The number of para-hydroxylation sites is 1. The Bertz CT molecular complexity index is 803. The monoisotopic (exact) mass is 350 g/mol. The van der Waals surface area contributed by atoms with Crippen molar-refractivity contribution in [3.05, 3.63) is 34.6 Å². The molecule has 0 fully saturated rings. The lowest BCUT2D eigenvalue weighted by Gasteiger charge is -2.12. The maximum absolute atomic E-state index is 12.7. The molecule has 0 N–H and O–H groups in total. The van der Waals surface area contributed by atoms with E-state index in [0.717, 1.165) is 0 Å². The quantitative estimate of drug-likeness (QED) is 0.426. The third-order valence-corrected chi connectivity index (χ3v) is 4.34. The summed E-state index contributed by atoms with van der Waals surface area (Å²) >= 11 is 1.28. The molecule has 0 aliphatic carbocycles. The zero-order valence-corrected chi connectivity index (χ0v) is 14.3. The van der Waals surface area contributed by atoms with Gasteiger partial charge in [0.2, 0.25) is 0 Å². The van der Waals surface area contributed by atoms with E-state index in [0.29, 0.717) is 21.8 Å². The number of hydrogen-bond acceptors (Lipinski definition) is 7. The van der Waals surface area contributed by atoms with Crippen molar-refractivity contribution in [3.63, 3.8) is 0 Å². The van der Waals surface area contributed by atoms with E-state index in [-0.39, 0.29) is 30.9 Å². The molecule has 7 nitrogen and oxygen atoms in total. The summed E-state index contributed by atoms with van der Waals surface area (Å²) < 4.78 is 10.7. The number of carbonyl (C=O) groups is 2. The van der Waals surface area contributed by atoms with Crippen LogP contribution >= 0.6 is 11.8 Å². The number of rotatable bonds is 7. The molecule has 0 amide bonds. The molecule has 2 rings (SSSR count). The second-order valence-corrected chi connectivity index (χ2v) is 5.93. The predicted molar refractivity (Wildman–Crippen MR) is 90.0 cm³/mol. The van der Waals surface area contributed by atoms with Crippen LogP contribution in [-0.2, 0) is 25.6 Å². The molecule has 8 heteroatoms. The molecule has 24 heavy (non-hydrogen) atoms. The van der Waals surface area contributed by atoms with Gasteiger partial charge in [0.15, 0.2) is 5.16 Å². The zero-order valence-electron chi connectivity index (χ0n) is 13.5.